The van der Waals surface area contributed by atoms with Crippen LogP contribution in [0, 0.1) is 18.3 Å². The van der Waals surface area contributed by atoms with Gasteiger partial charge in [0.15, 0.2) is 0 Å². The van der Waals surface area contributed by atoms with Gasteiger partial charge in [-0.3, -0.25) is 0 Å². The quantitative estimate of drug-likeness (QED) is 0.712. The molecule has 0 bridgehead atoms. The lowest BCUT2D eigenvalue weighted by Crippen LogP contribution is -1.89. The lowest BCUT2D eigenvalue weighted by molar-refractivity contribution is 0.429. The van der Waals surface area contributed by atoms with E-state index in [1.165, 1.54) is 0 Å². The standard InChI is InChI=1S/C15H11BrN4O/c1-9-5-11(16)3-4-12(9)14-18-15(21-19-14)13-6-10(7-17)8-20(13)2/h3-6,8H,1-2H3. The smallest absolute Gasteiger partial charge is 0.274 e. The van der Waals surface area contributed by atoms with Crippen LogP contribution in [0.3, 0.4) is 0 Å². The fraction of sp³-hybridized carbons (Fsp3) is 0.133. The molecule has 5 nitrogen and oxygen atoms in total. The third kappa shape index (κ3) is 2.48. The zero-order valence-corrected chi connectivity index (χ0v) is 13.0. The maximum atomic E-state index is 8.93. The molecule has 104 valence electrons. The van der Waals surface area contributed by atoms with Gasteiger partial charge in [0.25, 0.3) is 5.89 Å². The molecule has 0 atom stereocenters. The maximum Gasteiger partial charge on any atom is 0.274 e. The first-order valence-electron chi connectivity index (χ1n) is 6.25. The van der Waals surface area contributed by atoms with Gasteiger partial charge in [0.2, 0.25) is 5.82 Å². The highest BCUT2D eigenvalue weighted by molar-refractivity contribution is 9.10. The molecule has 0 fully saturated rings. The summed E-state index contributed by atoms with van der Waals surface area (Å²) in [6, 6.07) is 9.71. The van der Waals surface area contributed by atoms with Gasteiger partial charge < -0.3 is 9.09 Å². The molecule has 3 aromatic rings. The monoisotopic (exact) mass is 342 g/mol. The predicted molar refractivity (Wildman–Crippen MR) is 81.3 cm³/mol. The molecule has 0 radical (unpaired) electrons. The average molecular weight is 343 g/mol. The van der Waals surface area contributed by atoms with Gasteiger partial charge in [0.05, 0.1) is 5.56 Å². The zero-order valence-electron chi connectivity index (χ0n) is 11.5. The van der Waals surface area contributed by atoms with E-state index in [0.717, 1.165) is 21.3 Å². The minimum absolute atomic E-state index is 0.399. The Morgan fingerprint density at radius 3 is 2.81 bits per heavy atom. The Morgan fingerprint density at radius 2 is 2.14 bits per heavy atom. The van der Waals surface area contributed by atoms with Gasteiger partial charge in [0.1, 0.15) is 11.8 Å². The van der Waals surface area contributed by atoms with Crippen molar-refractivity contribution in [2.45, 2.75) is 6.92 Å². The van der Waals surface area contributed by atoms with E-state index in [1.807, 2.05) is 32.2 Å². The van der Waals surface area contributed by atoms with Crippen molar-refractivity contribution >= 4 is 15.9 Å². The van der Waals surface area contributed by atoms with Crippen LogP contribution in [0.1, 0.15) is 11.1 Å². The normalized spacial score (nSPS) is 10.6. The number of aromatic nitrogens is 3. The van der Waals surface area contributed by atoms with Crippen LogP contribution < -0.4 is 0 Å². The largest absolute Gasteiger partial charge is 0.345 e. The van der Waals surface area contributed by atoms with Crippen LogP contribution in [0.5, 0.6) is 0 Å². The van der Waals surface area contributed by atoms with Crippen molar-refractivity contribution in [2.24, 2.45) is 7.05 Å². The van der Waals surface area contributed by atoms with E-state index < -0.39 is 0 Å². The first-order valence-corrected chi connectivity index (χ1v) is 7.05. The summed E-state index contributed by atoms with van der Waals surface area (Å²) in [5.74, 6) is 0.936. The van der Waals surface area contributed by atoms with Crippen molar-refractivity contribution < 1.29 is 4.52 Å². The summed E-state index contributed by atoms with van der Waals surface area (Å²) < 4.78 is 8.13. The fourth-order valence-electron chi connectivity index (χ4n) is 2.15. The number of benzene rings is 1. The SMILES string of the molecule is Cc1cc(Br)ccc1-c1noc(-c2cc(C#N)cn2C)n1. The second kappa shape index (κ2) is 5.19. The van der Waals surface area contributed by atoms with Crippen molar-refractivity contribution in [3.63, 3.8) is 0 Å². The van der Waals surface area contributed by atoms with E-state index in [2.05, 4.69) is 32.1 Å². The highest BCUT2D eigenvalue weighted by atomic mass is 79.9. The molecule has 3 rings (SSSR count). The fourth-order valence-corrected chi connectivity index (χ4v) is 2.63. The third-order valence-electron chi connectivity index (χ3n) is 3.21. The second-order valence-corrected chi connectivity index (χ2v) is 5.63. The van der Waals surface area contributed by atoms with Gasteiger partial charge in [0, 0.05) is 23.3 Å². The first-order chi connectivity index (χ1) is 10.1. The molecule has 0 saturated heterocycles. The number of hydrogen-bond acceptors (Lipinski definition) is 4. The number of hydrogen-bond donors (Lipinski definition) is 0. The number of halogens is 1. The number of nitriles is 1. The lowest BCUT2D eigenvalue weighted by Gasteiger charge is -2.00. The average Bonchev–Trinajstić information content (AvgIpc) is 3.05. The summed E-state index contributed by atoms with van der Waals surface area (Å²) in [6.45, 7) is 1.99. The molecular weight excluding hydrogens is 332 g/mol. The molecule has 0 aliphatic rings. The summed E-state index contributed by atoms with van der Waals surface area (Å²) in [4.78, 5) is 4.43. The van der Waals surface area contributed by atoms with Gasteiger partial charge >= 0.3 is 0 Å². The Kier molecular flexibility index (Phi) is 3.35. The molecule has 0 amide bonds. The summed E-state index contributed by atoms with van der Waals surface area (Å²) in [7, 11) is 1.84. The van der Waals surface area contributed by atoms with Crippen molar-refractivity contribution in [1.29, 1.82) is 5.26 Å². The topological polar surface area (TPSA) is 67.6 Å². The molecule has 0 saturated carbocycles. The molecule has 21 heavy (non-hydrogen) atoms. The second-order valence-electron chi connectivity index (χ2n) is 4.72. The van der Waals surface area contributed by atoms with E-state index in [0.29, 0.717) is 17.3 Å². The lowest BCUT2D eigenvalue weighted by atomic mass is 10.1. The molecule has 1 aromatic carbocycles. The van der Waals surface area contributed by atoms with Crippen molar-refractivity contribution in [3.8, 4) is 29.0 Å². The van der Waals surface area contributed by atoms with Gasteiger partial charge in [-0.25, -0.2) is 0 Å². The Morgan fingerprint density at radius 1 is 1.33 bits per heavy atom. The first kappa shape index (κ1) is 13.6. The number of rotatable bonds is 2. The summed E-state index contributed by atoms with van der Waals surface area (Å²) in [5.41, 5.74) is 3.26. The van der Waals surface area contributed by atoms with E-state index in [1.54, 1.807) is 16.8 Å². The number of aryl methyl sites for hydroxylation is 2. The van der Waals surface area contributed by atoms with Crippen LogP contribution in [0.2, 0.25) is 0 Å². The molecule has 2 aromatic heterocycles. The Bertz CT molecular complexity index is 857. The van der Waals surface area contributed by atoms with E-state index in [4.69, 9.17) is 9.78 Å². The van der Waals surface area contributed by atoms with Gasteiger partial charge in [-0.2, -0.15) is 10.2 Å². The Labute approximate surface area is 130 Å². The Hall–Kier alpha value is -2.39. The molecule has 0 unspecified atom stereocenters. The predicted octanol–water partition coefficient (Wildman–Crippen LogP) is 3.68. The van der Waals surface area contributed by atoms with Crippen molar-refractivity contribution in [1.82, 2.24) is 14.7 Å². The molecular formula is C15H11BrN4O. The highest BCUT2D eigenvalue weighted by Gasteiger charge is 2.15. The Balaban J connectivity index is 2.04. The van der Waals surface area contributed by atoms with Crippen LogP contribution in [0.15, 0.2) is 39.5 Å². The van der Waals surface area contributed by atoms with Crippen molar-refractivity contribution in [3.05, 3.63) is 46.1 Å². The maximum absolute atomic E-state index is 8.93. The van der Waals surface area contributed by atoms with Crippen LogP contribution in [0.4, 0.5) is 0 Å². The van der Waals surface area contributed by atoms with E-state index >= 15 is 0 Å². The van der Waals surface area contributed by atoms with Crippen LogP contribution in [-0.4, -0.2) is 14.7 Å². The number of nitrogens with zero attached hydrogens (tertiary/aromatic N) is 4. The van der Waals surface area contributed by atoms with Crippen LogP contribution in [-0.2, 0) is 7.05 Å². The van der Waals surface area contributed by atoms with E-state index in [-0.39, 0.29) is 0 Å². The van der Waals surface area contributed by atoms with Gasteiger partial charge in [-0.1, -0.05) is 21.1 Å². The van der Waals surface area contributed by atoms with Crippen LogP contribution >= 0.6 is 15.9 Å². The molecule has 0 N–H and O–H groups in total. The summed E-state index contributed by atoms with van der Waals surface area (Å²) in [6.07, 6.45) is 1.73. The molecule has 0 aliphatic heterocycles. The minimum Gasteiger partial charge on any atom is -0.345 e. The van der Waals surface area contributed by atoms with Gasteiger partial charge in [-0.15, -0.1) is 0 Å². The van der Waals surface area contributed by atoms with E-state index in [9.17, 15) is 0 Å². The van der Waals surface area contributed by atoms with Crippen LogP contribution in [0.25, 0.3) is 23.0 Å². The minimum atomic E-state index is 0.399. The molecule has 0 spiro atoms. The molecule has 6 heteroatoms. The van der Waals surface area contributed by atoms with Gasteiger partial charge in [-0.05, 0) is 36.8 Å². The molecule has 2 heterocycles. The third-order valence-corrected chi connectivity index (χ3v) is 3.70. The van der Waals surface area contributed by atoms with Crippen molar-refractivity contribution in [2.75, 3.05) is 0 Å². The molecule has 0 aliphatic carbocycles. The highest BCUT2D eigenvalue weighted by Crippen LogP contribution is 2.27. The summed E-state index contributed by atoms with van der Waals surface area (Å²) in [5, 5.41) is 13.0. The summed E-state index contributed by atoms with van der Waals surface area (Å²) >= 11 is 3.43. The zero-order chi connectivity index (χ0) is 15.0.